The molecule has 0 saturated carbocycles. The normalized spacial score (nSPS) is 10.3. The molecule has 0 heterocycles. The molecule has 1 N–H and O–H groups in total. The Balaban J connectivity index is 3.01. The molecule has 1 amide bonds. The topological polar surface area (TPSA) is 47.6 Å². The average Bonchev–Trinajstić information content (AvgIpc) is 2.22. The van der Waals surface area contributed by atoms with Gasteiger partial charge in [0.1, 0.15) is 0 Å². The fourth-order valence-corrected chi connectivity index (χ4v) is 1.19. The Morgan fingerprint density at radius 2 is 2.07 bits per heavy atom. The summed E-state index contributed by atoms with van der Waals surface area (Å²) in [7, 11) is 1.65. The number of amides is 1. The molecule has 0 unspecified atom stereocenters. The number of carbonyl (C=O) groups excluding carboxylic acids is 1. The smallest absolute Gasteiger partial charge is 0.220 e. The SMILES string of the molecule is COCCOCCCCNC(=O)CCS. The van der Waals surface area contributed by atoms with Crippen LogP contribution in [0.4, 0.5) is 0 Å². The zero-order valence-corrected chi connectivity index (χ0v) is 10.2. The van der Waals surface area contributed by atoms with E-state index in [1.54, 1.807) is 7.11 Å². The number of unbranched alkanes of at least 4 members (excludes halogenated alkanes) is 1. The van der Waals surface area contributed by atoms with Crippen LogP contribution in [0.25, 0.3) is 0 Å². The van der Waals surface area contributed by atoms with Gasteiger partial charge in [0.2, 0.25) is 5.91 Å². The second-order valence-electron chi connectivity index (χ2n) is 3.14. The Morgan fingerprint density at radius 3 is 2.73 bits per heavy atom. The van der Waals surface area contributed by atoms with Gasteiger partial charge in [-0.15, -0.1) is 0 Å². The first-order valence-corrected chi connectivity index (χ1v) is 5.88. The number of rotatable bonds is 10. The van der Waals surface area contributed by atoms with E-state index < -0.39 is 0 Å². The maximum atomic E-state index is 11.0. The first-order valence-electron chi connectivity index (χ1n) is 5.25. The van der Waals surface area contributed by atoms with Gasteiger partial charge >= 0.3 is 0 Å². The summed E-state index contributed by atoms with van der Waals surface area (Å²) in [5.74, 6) is 0.677. The van der Waals surface area contributed by atoms with Crippen LogP contribution in [-0.2, 0) is 14.3 Å². The highest BCUT2D eigenvalue weighted by Crippen LogP contribution is 1.90. The fourth-order valence-electron chi connectivity index (χ4n) is 0.991. The standard InChI is InChI=1S/C10H21NO3S/c1-13-7-8-14-6-3-2-5-11-10(12)4-9-15/h15H,2-9H2,1H3,(H,11,12). The van der Waals surface area contributed by atoms with Crippen LogP contribution in [0.15, 0.2) is 0 Å². The number of hydrogen-bond donors (Lipinski definition) is 2. The Morgan fingerprint density at radius 1 is 1.27 bits per heavy atom. The van der Waals surface area contributed by atoms with E-state index >= 15 is 0 Å². The van der Waals surface area contributed by atoms with Crippen molar-refractivity contribution in [3.8, 4) is 0 Å². The molecule has 5 heteroatoms. The second kappa shape index (κ2) is 11.8. The van der Waals surface area contributed by atoms with E-state index in [4.69, 9.17) is 9.47 Å². The molecule has 0 aromatic rings. The minimum Gasteiger partial charge on any atom is -0.382 e. The first kappa shape index (κ1) is 14.7. The molecular formula is C10H21NO3S. The third kappa shape index (κ3) is 11.7. The van der Waals surface area contributed by atoms with Gasteiger partial charge < -0.3 is 14.8 Å². The third-order valence-electron chi connectivity index (χ3n) is 1.81. The molecule has 0 spiro atoms. The maximum Gasteiger partial charge on any atom is 0.220 e. The molecule has 0 aliphatic carbocycles. The van der Waals surface area contributed by atoms with Crippen molar-refractivity contribution in [3.63, 3.8) is 0 Å². The molecule has 0 fully saturated rings. The molecule has 0 aromatic carbocycles. The van der Waals surface area contributed by atoms with E-state index in [-0.39, 0.29) is 5.91 Å². The van der Waals surface area contributed by atoms with Crippen LogP contribution in [0.2, 0.25) is 0 Å². The highest BCUT2D eigenvalue weighted by Gasteiger charge is 1.97. The largest absolute Gasteiger partial charge is 0.382 e. The van der Waals surface area contributed by atoms with Crippen molar-refractivity contribution in [1.82, 2.24) is 5.32 Å². The minimum atomic E-state index is 0.0744. The van der Waals surface area contributed by atoms with Crippen molar-refractivity contribution in [2.75, 3.05) is 39.2 Å². The second-order valence-corrected chi connectivity index (χ2v) is 3.58. The summed E-state index contributed by atoms with van der Waals surface area (Å²) in [4.78, 5) is 11.0. The van der Waals surface area contributed by atoms with E-state index in [1.807, 2.05) is 0 Å². The molecule has 15 heavy (non-hydrogen) atoms. The lowest BCUT2D eigenvalue weighted by Crippen LogP contribution is -2.24. The predicted molar refractivity (Wildman–Crippen MR) is 63.4 cm³/mol. The van der Waals surface area contributed by atoms with Gasteiger partial charge in [0.15, 0.2) is 0 Å². The lowest BCUT2D eigenvalue weighted by molar-refractivity contribution is -0.120. The molecule has 4 nitrogen and oxygen atoms in total. The van der Waals surface area contributed by atoms with E-state index in [0.29, 0.717) is 25.4 Å². The fraction of sp³-hybridized carbons (Fsp3) is 0.900. The third-order valence-corrected chi connectivity index (χ3v) is 2.03. The van der Waals surface area contributed by atoms with E-state index in [2.05, 4.69) is 17.9 Å². The maximum absolute atomic E-state index is 11.0. The lowest BCUT2D eigenvalue weighted by atomic mass is 10.3. The zero-order chi connectivity index (χ0) is 11.4. The molecule has 90 valence electrons. The van der Waals surface area contributed by atoms with Crippen molar-refractivity contribution in [1.29, 1.82) is 0 Å². The average molecular weight is 235 g/mol. The highest BCUT2D eigenvalue weighted by atomic mass is 32.1. The molecule has 0 saturated heterocycles. The van der Waals surface area contributed by atoms with Gasteiger partial charge in [0.25, 0.3) is 0 Å². The van der Waals surface area contributed by atoms with Crippen molar-refractivity contribution >= 4 is 18.5 Å². The van der Waals surface area contributed by atoms with Gasteiger partial charge in [0, 0.05) is 26.7 Å². The van der Waals surface area contributed by atoms with Crippen molar-refractivity contribution in [3.05, 3.63) is 0 Å². The zero-order valence-electron chi connectivity index (χ0n) is 9.33. The van der Waals surface area contributed by atoms with Gasteiger partial charge in [-0.2, -0.15) is 12.6 Å². The summed E-state index contributed by atoms with van der Waals surface area (Å²) in [5.41, 5.74) is 0. The molecule has 0 aliphatic heterocycles. The first-order chi connectivity index (χ1) is 7.31. The number of carbonyl (C=O) groups is 1. The van der Waals surface area contributed by atoms with Crippen LogP contribution in [0.5, 0.6) is 0 Å². The molecule has 0 aromatic heterocycles. The van der Waals surface area contributed by atoms with Gasteiger partial charge in [-0.3, -0.25) is 4.79 Å². The lowest BCUT2D eigenvalue weighted by Gasteiger charge is -2.05. The Labute approximate surface area is 97.1 Å². The highest BCUT2D eigenvalue weighted by molar-refractivity contribution is 7.80. The van der Waals surface area contributed by atoms with Crippen LogP contribution in [0.1, 0.15) is 19.3 Å². The molecule has 0 rings (SSSR count). The Bertz CT molecular complexity index is 156. The molecule has 0 aliphatic rings. The number of hydrogen-bond acceptors (Lipinski definition) is 4. The number of thiol groups is 1. The number of ether oxygens (including phenoxy) is 2. The monoisotopic (exact) mass is 235 g/mol. The van der Waals surface area contributed by atoms with E-state index in [9.17, 15) is 4.79 Å². The summed E-state index contributed by atoms with van der Waals surface area (Å²) in [6, 6.07) is 0. The van der Waals surface area contributed by atoms with Gasteiger partial charge in [-0.25, -0.2) is 0 Å². The Kier molecular flexibility index (Phi) is 11.6. The Hall–Kier alpha value is -0.260. The van der Waals surface area contributed by atoms with E-state index in [0.717, 1.165) is 26.0 Å². The molecule has 0 atom stereocenters. The van der Waals surface area contributed by atoms with Crippen LogP contribution in [-0.4, -0.2) is 45.1 Å². The quantitative estimate of drug-likeness (QED) is 0.436. The summed E-state index contributed by atoms with van der Waals surface area (Å²) in [6.45, 7) is 2.73. The van der Waals surface area contributed by atoms with Crippen molar-refractivity contribution in [2.24, 2.45) is 0 Å². The van der Waals surface area contributed by atoms with Crippen LogP contribution in [0.3, 0.4) is 0 Å². The van der Waals surface area contributed by atoms with Crippen molar-refractivity contribution in [2.45, 2.75) is 19.3 Å². The van der Waals surface area contributed by atoms with Gasteiger partial charge in [-0.1, -0.05) is 0 Å². The summed E-state index contributed by atoms with van der Waals surface area (Å²) >= 11 is 3.98. The summed E-state index contributed by atoms with van der Waals surface area (Å²) in [6.07, 6.45) is 2.41. The summed E-state index contributed by atoms with van der Waals surface area (Å²) in [5, 5.41) is 2.82. The summed E-state index contributed by atoms with van der Waals surface area (Å²) < 4.78 is 10.1. The van der Waals surface area contributed by atoms with Gasteiger partial charge in [0.05, 0.1) is 13.2 Å². The van der Waals surface area contributed by atoms with Crippen LogP contribution in [0, 0.1) is 0 Å². The minimum absolute atomic E-state index is 0.0744. The number of nitrogens with one attached hydrogen (secondary N) is 1. The van der Waals surface area contributed by atoms with Crippen molar-refractivity contribution < 1.29 is 14.3 Å². The predicted octanol–water partition coefficient (Wildman–Crippen LogP) is 0.866. The van der Waals surface area contributed by atoms with E-state index in [1.165, 1.54) is 0 Å². The number of methoxy groups -OCH3 is 1. The van der Waals surface area contributed by atoms with Crippen LogP contribution >= 0.6 is 12.6 Å². The van der Waals surface area contributed by atoms with Crippen LogP contribution < -0.4 is 5.32 Å². The molecule has 0 radical (unpaired) electrons. The molecule has 0 bridgehead atoms. The molecular weight excluding hydrogens is 214 g/mol. The van der Waals surface area contributed by atoms with Gasteiger partial charge in [-0.05, 0) is 18.6 Å².